The van der Waals surface area contributed by atoms with E-state index in [2.05, 4.69) is 26.8 Å². The first-order chi connectivity index (χ1) is 12.6. The Bertz CT molecular complexity index is 931. The van der Waals surface area contributed by atoms with Crippen LogP contribution in [0.4, 0.5) is 0 Å². The predicted molar refractivity (Wildman–Crippen MR) is 97.2 cm³/mol. The number of fused-ring (bicyclic) bond motifs is 1. The van der Waals surface area contributed by atoms with Gasteiger partial charge in [-0.3, -0.25) is 19.1 Å². The molecule has 1 saturated carbocycles. The third kappa shape index (κ3) is 2.95. The molecule has 2 fully saturated rings. The number of hydrogen-bond acceptors (Lipinski definition) is 6. The summed E-state index contributed by atoms with van der Waals surface area (Å²) in [6.07, 6.45) is 3.10. The van der Waals surface area contributed by atoms with Crippen LogP contribution in [0, 0.1) is 5.92 Å². The molecule has 1 aliphatic carbocycles. The minimum atomic E-state index is -0.495. The van der Waals surface area contributed by atoms with Crippen LogP contribution >= 0.6 is 11.3 Å². The first-order valence-corrected chi connectivity index (χ1v) is 10.1. The van der Waals surface area contributed by atoms with Crippen molar-refractivity contribution < 1.29 is 4.74 Å². The number of ether oxygens (including phenoxy) is 1. The lowest BCUT2D eigenvalue weighted by atomic mass is 10.0. The number of rotatable bonds is 4. The molecular formula is C18H22N4O3S. The molecule has 0 N–H and O–H groups in total. The second-order valence-electron chi connectivity index (χ2n) is 7.80. The highest BCUT2D eigenvalue weighted by molar-refractivity contribution is 7.07. The molecule has 1 saturated heterocycles. The molecule has 8 heteroatoms. The van der Waals surface area contributed by atoms with Crippen LogP contribution in [0.1, 0.15) is 30.7 Å². The molecule has 7 nitrogen and oxygen atoms in total. The van der Waals surface area contributed by atoms with E-state index in [1.54, 1.807) is 15.9 Å². The number of nitrogens with zero attached hydrogens (tertiary/aromatic N) is 4. The number of aromatic nitrogens is 3. The minimum Gasteiger partial charge on any atom is -0.364 e. The van der Waals surface area contributed by atoms with Crippen molar-refractivity contribution >= 4 is 11.3 Å². The average molecular weight is 374 g/mol. The molecule has 2 aromatic rings. The van der Waals surface area contributed by atoms with E-state index < -0.39 is 11.1 Å². The Balaban J connectivity index is 1.37. The fourth-order valence-corrected chi connectivity index (χ4v) is 4.68. The molecule has 5 rings (SSSR count). The molecule has 0 unspecified atom stereocenters. The van der Waals surface area contributed by atoms with Crippen molar-refractivity contribution in [2.24, 2.45) is 5.92 Å². The molecule has 4 heterocycles. The van der Waals surface area contributed by atoms with Crippen molar-refractivity contribution in [2.45, 2.75) is 51.1 Å². The zero-order valence-corrected chi connectivity index (χ0v) is 15.4. The van der Waals surface area contributed by atoms with Gasteiger partial charge in [0.25, 0.3) is 0 Å². The van der Waals surface area contributed by atoms with E-state index >= 15 is 0 Å². The maximum atomic E-state index is 12.6. The van der Waals surface area contributed by atoms with Crippen LogP contribution in [0.2, 0.25) is 0 Å². The molecule has 2 aromatic heterocycles. The molecule has 0 bridgehead atoms. The minimum absolute atomic E-state index is 0.298. The van der Waals surface area contributed by atoms with Crippen LogP contribution in [0.15, 0.2) is 26.4 Å². The Labute approximate surface area is 154 Å². The molecule has 2 aliphatic heterocycles. The summed E-state index contributed by atoms with van der Waals surface area (Å²) in [5.74, 6) is 1.08. The van der Waals surface area contributed by atoms with Gasteiger partial charge in [0.1, 0.15) is 12.2 Å². The van der Waals surface area contributed by atoms with E-state index in [9.17, 15) is 9.59 Å². The van der Waals surface area contributed by atoms with Gasteiger partial charge >= 0.3 is 11.1 Å². The van der Waals surface area contributed by atoms with Gasteiger partial charge in [-0.25, -0.2) is 4.68 Å². The Hall–Kier alpha value is -1.77. The first-order valence-electron chi connectivity index (χ1n) is 9.20. The second-order valence-corrected chi connectivity index (χ2v) is 8.58. The highest BCUT2D eigenvalue weighted by Crippen LogP contribution is 2.32. The smallest absolute Gasteiger partial charge is 0.332 e. The third-order valence-corrected chi connectivity index (χ3v) is 6.41. The quantitative estimate of drug-likeness (QED) is 0.749. The lowest BCUT2D eigenvalue weighted by molar-refractivity contribution is -0.0859. The molecule has 0 radical (unpaired) electrons. The SMILES string of the molecule is O=c1c(=O)n2c(nn1CC1CC1)CO[C@]1(CCN(Cc3ccsc3)C1)C2. The van der Waals surface area contributed by atoms with Crippen molar-refractivity contribution in [1.29, 1.82) is 0 Å². The van der Waals surface area contributed by atoms with Gasteiger partial charge in [0.2, 0.25) is 0 Å². The van der Waals surface area contributed by atoms with Gasteiger partial charge in [-0.2, -0.15) is 16.4 Å². The van der Waals surface area contributed by atoms with E-state index in [0.717, 1.165) is 38.9 Å². The fourth-order valence-electron chi connectivity index (χ4n) is 4.02. The highest BCUT2D eigenvalue weighted by Gasteiger charge is 2.43. The molecule has 26 heavy (non-hydrogen) atoms. The van der Waals surface area contributed by atoms with Gasteiger partial charge in [-0.15, -0.1) is 0 Å². The number of hydrogen-bond donors (Lipinski definition) is 0. The number of thiophene rings is 1. The normalized spacial score (nSPS) is 25.7. The Kier molecular flexibility index (Phi) is 3.88. The Morgan fingerprint density at radius 1 is 1.27 bits per heavy atom. The van der Waals surface area contributed by atoms with Gasteiger partial charge in [0.05, 0.1) is 6.54 Å². The Morgan fingerprint density at radius 2 is 2.15 bits per heavy atom. The van der Waals surface area contributed by atoms with Crippen molar-refractivity contribution in [3.63, 3.8) is 0 Å². The molecule has 0 aromatic carbocycles. The summed E-state index contributed by atoms with van der Waals surface area (Å²) < 4.78 is 9.11. The molecule has 3 aliphatic rings. The average Bonchev–Trinajstić information content (AvgIpc) is 3.15. The summed E-state index contributed by atoms with van der Waals surface area (Å²) in [5.41, 5.74) is -0.0191. The van der Waals surface area contributed by atoms with Crippen LogP contribution < -0.4 is 11.1 Å². The van der Waals surface area contributed by atoms with E-state index in [1.165, 1.54) is 10.2 Å². The molecule has 1 spiro atoms. The van der Waals surface area contributed by atoms with Crippen molar-refractivity contribution in [2.75, 3.05) is 13.1 Å². The van der Waals surface area contributed by atoms with Crippen molar-refractivity contribution in [3.05, 3.63) is 48.9 Å². The van der Waals surface area contributed by atoms with Gasteiger partial charge < -0.3 is 4.74 Å². The van der Waals surface area contributed by atoms with Gasteiger partial charge in [0, 0.05) is 26.2 Å². The van der Waals surface area contributed by atoms with Crippen molar-refractivity contribution in [3.8, 4) is 0 Å². The zero-order chi connectivity index (χ0) is 17.7. The van der Waals surface area contributed by atoms with Crippen molar-refractivity contribution in [1.82, 2.24) is 19.2 Å². The second kappa shape index (κ2) is 6.14. The first kappa shape index (κ1) is 16.4. The van der Waals surface area contributed by atoms with Crippen LogP contribution in [0.5, 0.6) is 0 Å². The zero-order valence-electron chi connectivity index (χ0n) is 14.6. The molecular weight excluding hydrogens is 352 g/mol. The summed E-state index contributed by atoms with van der Waals surface area (Å²) >= 11 is 1.71. The van der Waals surface area contributed by atoms with Crippen LogP contribution in [-0.2, 0) is 31.0 Å². The van der Waals surface area contributed by atoms with E-state index in [1.807, 2.05) is 0 Å². The summed E-state index contributed by atoms with van der Waals surface area (Å²) in [5, 5.41) is 8.67. The van der Waals surface area contributed by atoms with Gasteiger partial charge in [0.15, 0.2) is 5.82 Å². The number of likely N-dealkylation sites (tertiary alicyclic amines) is 1. The van der Waals surface area contributed by atoms with E-state index in [4.69, 9.17) is 4.74 Å². The molecule has 1 atom stereocenters. The predicted octanol–water partition coefficient (Wildman–Crippen LogP) is 1.05. The van der Waals surface area contributed by atoms with Crippen LogP contribution in [-0.4, -0.2) is 37.9 Å². The molecule has 0 amide bonds. The highest BCUT2D eigenvalue weighted by atomic mass is 32.1. The van der Waals surface area contributed by atoms with E-state index in [0.29, 0.717) is 31.4 Å². The lowest BCUT2D eigenvalue weighted by Crippen LogP contribution is -2.53. The maximum absolute atomic E-state index is 12.6. The fraction of sp³-hybridized carbons (Fsp3) is 0.611. The summed E-state index contributed by atoms with van der Waals surface area (Å²) in [6, 6.07) is 2.14. The van der Waals surface area contributed by atoms with E-state index in [-0.39, 0.29) is 5.60 Å². The largest absolute Gasteiger partial charge is 0.364 e. The maximum Gasteiger partial charge on any atom is 0.332 e. The van der Waals surface area contributed by atoms with Gasteiger partial charge in [-0.05, 0) is 47.6 Å². The van der Waals surface area contributed by atoms with Crippen LogP contribution in [0.25, 0.3) is 0 Å². The van der Waals surface area contributed by atoms with Crippen LogP contribution in [0.3, 0.4) is 0 Å². The Morgan fingerprint density at radius 3 is 2.92 bits per heavy atom. The summed E-state index contributed by atoms with van der Waals surface area (Å²) in [7, 11) is 0. The monoisotopic (exact) mass is 374 g/mol. The topological polar surface area (TPSA) is 69.4 Å². The summed E-state index contributed by atoms with van der Waals surface area (Å²) in [4.78, 5) is 27.4. The standard InChI is InChI=1S/C18H22N4O3S/c23-16-17(24)22(8-13-1-2-13)19-15-9-25-18(12-21(15)16)4-5-20(11-18)7-14-3-6-26-10-14/h3,6,10,13H,1-2,4-5,7-9,11-12H2/t18-/m0/s1. The van der Waals surface area contributed by atoms with Gasteiger partial charge in [-0.1, -0.05) is 0 Å². The lowest BCUT2D eigenvalue weighted by Gasteiger charge is -2.35. The summed E-state index contributed by atoms with van der Waals surface area (Å²) in [6.45, 7) is 3.89. The third-order valence-electron chi connectivity index (χ3n) is 5.67. The molecule has 138 valence electrons.